The molecule has 0 aliphatic carbocycles. The molecule has 3 heterocycles. The Morgan fingerprint density at radius 3 is 2.92 bits per heavy atom. The summed E-state index contributed by atoms with van der Waals surface area (Å²) in [5, 5.41) is 4.15. The zero-order valence-corrected chi connectivity index (χ0v) is 14.2. The third-order valence-electron chi connectivity index (χ3n) is 4.47. The molecule has 0 bridgehead atoms. The first kappa shape index (κ1) is 16.0. The maximum atomic E-state index is 5.46. The first-order valence-corrected chi connectivity index (χ1v) is 8.50. The minimum Gasteiger partial charge on any atom is -0.379 e. The van der Waals surface area contributed by atoms with Crippen molar-refractivity contribution < 1.29 is 9.26 Å². The molecule has 0 unspecified atom stereocenters. The van der Waals surface area contributed by atoms with Gasteiger partial charge in [0.1, 0.15) is 6.04 Å². The minimum atomic E-state index is -0.0414. The average Bonchev–Trinajstić information content (AvgIpc) is 3.34. The molecule has 0 N–H and O–H groups in total. The molecule has 0 spiro atoms. The SMILES string of the molecule is C[C@@H](c1nc(-c2cccc(CN3CCOCC3)c2)no1)n1ccnc1. The fraction of sp³-hybridized carbons (Fsp3) is 0.389. The first-order chi connectivity index (χ1) is 12.3. The second-order valence-electron chi connectivity index (χ2n) is 6.23. The molecule has 4 rings (SSSR count). The second-order valence-corrected chi connectivity index (χ2v) is 6.23. The largest absolute Gasteiger partial charge is 0.379 e. The van der Waals surface area contributed by atoms with E-state index in [2.05, 4.69) is 32.2 Å². The van der Waals surface area contributed by atoms with Gasteiger partial charge in [0.15, 0.2) is 0 Å². The van der Waals surface area contributed by atoms with Crippen LogP contribution in [0.1, 0.15) is 24.4 Å². The molecule has 1 fully saturated rings. The summed E-state index contributed by atoms with van der Waals surface area (Å²) in [6.07, 6.45) is 5.37. The monoisotopic (exact) mass is 339 g/mol. The molecule has 1 atom stereocenters. The van der Waals surface area contributed by atoms with Gasteiger partial charge in [-0.3, -0.25) is 4.90 Å². The Kier molecular flexibility index (Phi) is 4.58. The molecule has 1 aromatic carbocycles. The van der Waals surface area contributed by atoms with Crippen molar-refractivity contribution >= 4 is 0 Å². The van der Waals surface area contributed by atoms with Gasteiger partial charge in [0.2, 0.25) is 11.7 Å². The van der Waals surface area contributed by atoms with E-state index >= 15 is 0 Å². The van der Waals surface area contributed by atoms with Crippen LogP contribution < -0.4 is 0 Å². The lowest BCUT2D eigenvalue weighted by atomic mass is 10.1. The van der Waals surface area contributed by atoms with E-state index in [1.807, 2.05) is 29.8 Å². The molecule has 25 heavy (non-hydrogen) atoms. The molecule has 3 aromatic rings. The molecular weight excluding hydrogens is 318 g/mol. The van der Waals surface area contributed by atoms with Crippen LogP contribution in [0.15, 0.2) is 47.5 Å². The smallest absolute Gasteiger partial charge is 0.249 e. The molecule has 7 nitrogen and oxygen atoms in total. The molecule has 1 saturated heterocycles. The number of hydrogen-bond acceptors (Lipinski definition) is 6. The van der Waals surface area contributed by atoms with E-state index in [1.54, 1.807) is 12.5 Å². The summed E-state index contributed by atoms with van der Waals surface area (Å²) in [6.45, 7) is 6.47. The van der Waals surface area contributed by atoms with Crippen LogP contribution in [0.5, 0.6) is 0 Å². The topological polar surface area (TPSA) is 69.2 Å². The Bertz CT molecular complexity index is 809. The van der Waals surface area contributed by atoms with Crippen LogP contribution in [0.25, 0.3) is 11.4 Å². The van der Waals surface area contributed by atoms with E-state index < -0.39 is 0 Å². The van der Waals surface area contributed by atoms with Crippen molar-refractivity contribution in [2.24, 2.45) is 0 Å². The maximum absolute atomic E-state index is 5.46. The van der Waals surface area contributed by atoms with Crippen molar-refractivity contribution in [2.75, 3.05) is 26.3 Å². The van der Waals surface area contributed by atoms with Gasteiger partial charge in [0.25, 0.3) is 0 Å². The fourth-order valence-corrected chi connectivity index (χ4v) is 2.97. The molecule has 7 heteroatoms. The zero-order valence-electron chi connectivity index (χ0n) is 14.2. The Hall–Kier alpha value is -2.51. The van der Waals surface area contributed by atoms with E-state index in [-0.39, 0.29) is 6.04 Å². The highest BCUT2D eigenvalue weighted by atomic mass is 16.5. The van der Waals surface area contributed by atoms with Gasteiger partial charge in [-0.25, -0.2) is 4.98 Å². The van der Waals surface area contributed by atoms with Crippen molar-refractivity contribution in [3.63, 3.8) is 0 Å². The molecule has 1 aliphatic heterocycles. The molecule has 130 valence electrons. The van der Waals surface area contributed by atoms with Crippen LogP contribution >= 0.6 is 0 Å². The van der Waals surface area contributed by atoms with Crippen LogP contribution in [0, 0.1) is 0 Å². The van der Waals surface area contributed by atoms with E-state index in [1.165, 1.54) is 5.56 Å². The van der Waals surface area contributed by atoms with Gasteiger partial charge < -0.3 is 13.8 Å². The normalized spacial score (nSPS) is 16.8. The molecule has 0 radical (unpaired) electrons. The van der Waals surface area contributed by atoms with Crippen molar-refractivity contribution in [2.45, 2.75) is 19.5 Å². The first-order valence-electron chi connectivity index (χ1n) is 8.50. The number of rotatable bonds is 5. The van der Waals surface area contributed by atoms with Crippen molar-refractivity contribution in [3.05, 3.63) is 54.4 Å². The number of hydrogen-bond donors (Lipinski definition) is 0. The quantitative estimate of drug-likeness (QED) is 0.711. The summed E-state index contributed by atoms with van der Waals surface area (Å²) in [6, 6.07) is 8.28. The van der Waals surface area contributed by atoms with E-state index in [4.69, 9.17) is 9.26 Å². The van der Waals surface area contributed by atoms with E-state index in [0.717, 1.165) is 38.4 Å². The van der Waals surface area contributed by atoms with Gasteiger partial charge in [0, 0.05) is 37.6 Å². The van der Waals surface area contributed by atoms with Crippen molar-refractivity contribution in [1.29, 1.82) is 0 Å². The van der Waals surface area contributed by atoms with E-state index in [0.29, 0.717) is 11.7 Å². The third kappa shape index (κ3) is 3.62. The summed E-state index contributed by atoms with van der Waals surface area (Å²) >= 11 is 0. The van der Waals surface area contributed by atoms with Gasteiger partial charge >= 0.3 is 0 Å². The fourth-order valence-electron chi connectivity index (χ4n) is 2.97. The van der Waals surface area contributed by atoms with Gasteiger partial charge in [-0.15, -0.1) is 0 Å². The maximum Gasteiger partial charge on any atom is 0.249 e. The lowest BCUT2D eigenvalue weighted by Gasteiger charge is -2.26. The van der Waals surface area contributed by atoms with Crippen LogP contribution in [0.4, 0.5) is 0 Å². The number of ether oxygens (including phenoxy) is 1. The lowest BCUT2D eigenvalue weighted by molar-refractivity contribution is 0.0342. The molecule has 0 amide bonds. The van der Waals surface area contributed by atoms with E-state index in [9.17, 15) is 0 Å². The summed E-state index contributed by atoms with van der Waals surface area (Å²) < 4.78 is 12.8. The average molecular weight is 339 g/mol. The molecule has 0 saturated carbocycles. The van der Waals surface area contributed by atoms with Crippen LogP contribution in [0.3, 0.4) is 0 Å². The van der Waals surface area contributed by atoms with Crippen LogP contribution in [-0.4, -0.2) is 50.9 Å². The predicted octanol–water partition coefficient (Wildman–Crippen LogP) is 2.37. The number of benzene rings is 1. The van der Waals surface area contributed by atoms with Gasteiger partial charge in [0.05, 0.1) is 19.5 Å². The number of morpholine rings is 1. The highest BCUT2D eigenvalue weighted by molar-refractivity contribution is 5.55. The van der Waals surface area contributed by atoms with Crippen molar-refractivity contribution in [1.82, 2.24) is 24.6 Å². The Balaban J connectivity index is 1.51. The molecule has 2 aromatic heterocycles. The molecule has 1 aliphatic rings. The van der Waals surface area contributed by atoms with Crippen molar-refractivity contribution in [3.8, 4) is 11.4 Å². The number of imidazole rings is 1. The second kappa shape index (κ2) is 7.16. The highest BCUT2D eigenvalue weighted by Crippen LogP contribution is 2.22. The summed E-state index contributed by atoms with van der Waals surface area (Å²) in [5.41, 5.74) is 2.21. The Labute approximate surface area is 146 Å². The summed E-state index contributed by atoms with van der Waals surface area (Å²) in [4.78, 5) is 11.0. The lowest BCUT2D eigenvalue weighted by Crippen LogP contribution is -2.35. The minimum absolute atomic E-state index is 0.0414. The standard InChI is InChI=1S/C18H21N5O2/c1-14(23-6-5-19-13-23)18-20-17(21-25-18)16-4-2-3-15(11-16)12-22-7-9-24-10-8-22/h2-6,11,13-14H,7-10,12H2,1H3/t14-/m0/s1. The third-order valence-corrected chi connectivity index (χ3v) is 4.47. The Morgan fingerprint density at radius 1 is 1.24 bits per heavy atom. The Morgan fingerprint density at radius 2 is 2.12 bits per heavy atom. The predicted molar refractivity (Wildman–Crippen MR) is 91.9 cm³/mol. The van der Waals surface area contributed by atoms with Crippen LogP contribution in [0.2, 0.25) is 0 Å². The van der Waals surface area contributed by atoms with Crippen LogP contribution in [-0.2, 0) is 11.3 Å². The number of nitrogens with zero attached hydrogens (tertiary/aromatic N) is 5. The highest BCUT2D eigenvalue weighted by Gasteiger charge is 2.17. The molecular formula is C18H21N5O2. The van der Waals surface area contributed by atoms with Gasteiger partial charge in [-0.05, 0) is 18.6 Å². The summed E-state index contributed by atoms with van der Waals surface area (Å²) in [7, 11) is 0. The number of aromatic nitrogens is 4. The van der Waals surface area contributed by atoms with Gasteiger partial charge in [-0.2, -0.15) is 4.98 Å². The van der Waals surface area contributed by atoms with Gasteiger partial charge in [-0.1, -0.05) is 23.4 Å². The zero-order chi connectivity index (χ0) is 17.1. The summed E-state index contributed by atoms with van der Waals surface area (Å²) in [5.74, 6) is 1.19.